The number of aromatic nitrogens is 2. The summed E-state index contributed by atoms with van der Waals surface area (Å²) in [5, 5.41) is 20.4. The Morgan fingerprint density at radius 1 is 1.52 bits per heavy atom. The Balaban J connectivity index is 1.98. The van der Waals surface area contributed by atoms with E-state index in [0.29, 0.717) is 6.54 Å². The van der Waals surface area contributed by atoms with Gasteiger partial charge in [-0.05, 0) is 31.4 Å². The van der Waals surface area contributed by atoms with E-state index in [0.717, 1.165) is 30.2 Å². The number of anilines is 1. The van der Waals surface area contributed by atoms with Crippen LogP contribution in [0.3, 0.4) is 0 Å². The quantitative estimate of drug-likeness (QED) is 0.486. The largest absolute Gasteiger partial charge is 0.379 e. The summed E-state index contributed by atoms with van der Waals surface area (Å²) in [5.74, 6) is -0.803. The minimum atomic E-state index is -0.803. The summed E-state index contributed by atoms with van der Waals surface area (Å²) in [6.07, 6.45) is 3.30. The zero-order chi connectivity index (χ0) is 15.4. The van der Waals surface area contributed by atoms with Gasteiger partial charge in [-0.3, -0.25) is 15.2 Å². The van der Waals surface area contributed by atoms with Gasteiger partial charge < -0.3 is 5.32 Å². The number of aromatic amines is 1. The Bertz CT molecular complexity index is 660. The summed E-state index contributed by atoms with van der Waals surface area (Å²) < 4.78 is 13.3. The van der Waals surface area contributed by atoms with Crippen LogP contribution < -0.4 is 5.32 Å². The van der Waals surface area contributed by atoms with E-state index < -0.39 is 10.7 Å². The highest BCUT2D eigenvalue weighted by Crippen LogP contribution is 2.30. The fourth-order valence-corrected chi connectivity index (χ4v) is 2.12. The minimum absolute atomic E-state index is 0.145. The zero-order valence-corrected chi connectivity index (χ0v) is 12.1. The normalized spacial score (nSPS) is 10.6. The van der Waals surface area contributed by atoms with Crippen LogP contribution in [0.1, 0.15) is 17.7 Å². The van der Waals surface area contributed by atoms with Gasteiger partial charge in [-0.2, -0.15) is 5.10 Å². The van der Waals surface area contributed by atoms with Crippen LogP contribution in [0.5, 0.6) is 0 Å². The number of halogens is 2. The van der Waals surface area contributed by atoms with Gasteiger partial charge in [0.15, 0.2) is 0 Å². The van der Waals surface area contributed by atoms with E-state index in [1.807, 2.05) is 6.92 Å². The average molecular weight is 313 g/mol. The molecule has 2 rings (SSSR count). The molecular formula is C13H14ClFN4O2. The Morgan fingerprint density at radius 3 is 2.90 bits per heavy atom. The van der Waals surface area contributed by atoms with Gasteiger partial charge in [-0.15, -0.1) is 0 Å². The van der Waals surface area contributed by atoms with Crippen molar-refractivity contribution in [3.63, 3.8) is 0 Å². The van der Waals surface area contributed by atoms with Gasteiger partial charge in [-0.25, -0.2) is 4.39 Å². The van der Waals surface area contributed by atoms with Crippen molar-refractivity contribution in [2.75, 3.05) is 11.9 Å². The molecule has 21 heavy (non-hydrogen) atoms. The average Bonchev–Trinajstić information content (AvgIpc) is 2.83. The first-order valence-corrected chi connectivity index (χ1v) is 6.73. The van der Waals surface area contributed by atoms with Gasteiger partial charge in [0.1, 0.15) is 11.5 Å². The number of nitrogens with one attached hydrogen (secondary N) is 2. The maximum Gasteiger partial charge on any atom is 0.295 e. The van der Waals surface area contributed by atoms with E-state index >= 15 is 0 Å². The van der Waals surface area contributed by atoms with Gasteiger partial charge in [0.25, 0.3) is 5.69 Å². The van der Waals surface area contributed by atoms with E-state index in [2.05, 4.69) is 15.5 Å². The third-order valence-corrected chi connectivity index (χ3v) is 3.40. The maximum absolute atomic E-state index is 13.3. The number of hydrogen-bond acceptors (Lipinski definition) is 4. The van der Waals surface area contributed by atoms with Crippen molar-refractivity contribution in [3.05, 3.63) is 50.5 Å². The predicted molar refractivity (Wildman–Crippen MR) is 78.2 cm³/mol. The highest BCUT2D eigenvalue weighted by atomic mass is 35.5. The SMILES string of the molecule is Cc1[nH]ncc1CCCNc1cc(Cl)c(F)cc1[N+](=O)[O-]. The van der Waals surface area contributed by atoms with Crippen LogP contribution >= 0.6 is 11.6 Å². The number of rotatable bonds is 6. The van der Waals surface area contributed by atoms with Gasteiger partial charge in [0.05, 0.1) is 22.2 Å². The Hall–Kier alpha value is -2.15. The standard InChI is InChI=1S/C13H14ClFN4O2/c1-8-9(7-17-18-8)3-2-4-16-12-5-10(14)11(15)6-13(12)19(20)21/h5-7,16H,2-4H2,1H3,(H,17,18). The first-order chi connectivity index (χ1) is 9.99. The van der Waals surface area contributed by atoms with E-state index in [1.54, 1.807) is 6.20 Å². The monoisotopic (exact) mass is 312 g/mol. The summed E-state index contributed by atoms with van der Waals surface area (Å²) in [5.41, 5.74) is 2.00. The van der Waals surface area contributed by atoms with Crippen LogP contribution in [0.25, 0.3) is 0 Å². The molecule has 8 heteroatoms. The first-order valence-electron chi connectivity index (χ1n) is 6.35. The van der Waals surface area contributed by atoms with Gasteiger partial charge >= 0.3 is 0 Å². The number of aryl methyl sites for hydroxylation is 2. The van der Waals surface area contributed by atoms with Crippen LogP contribution in [-0.4, -0.2) is 21.7 Å². The molecule has 0 amide bonds. The van der Waals surface area contributed by atoms with E-state index in [1.165, 1.54) is 6.07 Å². The fourth-order valence-electron chi connectivity index (χ4n) is 1.96. The molecule has 112 valence electrons. The lowest BCUT2D eigenvalue weighted by Gasteiger charge is -2.08. The van der Waals surface area contributed by atoms with Crippen LogP contribution in [0, 0.1) is 22.9 Å². The molecule has 2 aromatic rings. The summed E-state index contributed by atoms with van der Waals surface area (Å²) >= 11 is 5.66. The summed E-state index contributed by atoms with van der Waals surface area (Å²) in [6.45, 7) is 2.44. The van der Waals surface area contributed by atoms with Crippen molar-refractivity contribution in [2.24, 2.45) is 0 Å². The van der Waals surface area contributed by atoms with Crippen molar-refractivity contribution < 1.29 is 9.31 Å². The van der Waals surface area contributed by atoms with E-state index in [9.17, 15) is 14.5 Å². The molecule has 0 spiro atoms. The van der Waals surface area contributed by atoms with Crippen molar-refractivity contribution in [1.82, 2.24) is 10.2 Å². The number of H-pyrrole nitrogens is 1. The number of benzene rings is 1. The molecule has 0 unspecified atom stereocenters. The smallest absolute Gasteiger partial charge is 0.295 e. The molecule has 1 aromatic carbocycles. The second-order valence-corrected chi connectivity index (χ2v) is 5.00. The topological polar surface area (TPSA) is 83.8 Å². The Kier molecular flexibility index (Phi) is 4.74. The number of nitrogens with zero attached hydrogens (tertiary/aromatic N) is 2. The molecule has 2 N–H and O–H groups in total. The Labute approximate surface area is 125 Å². The van der Waals surface area contributed by atoms with E-state index in [4.69, 9.17) is 11.6 Å². The predicted octanol–water partition coefficient (Wildman–Crippen LogP) is 3.46. The third kappa shape index (κ3) is 3.69. The molecule has 1 aromatic heterocycles. The number of nitro groups is 1. The molecule has 0 bridgehead atoms. The maximum atomic E-state index is 13.3. The lowest BCUT2D eigenvalue weighted by Crippen LogP contribution is -2.06. The van der Waals surface area contributed by atoms with Crippen molar-refractivity contribution in [1.29, 1.82) is 0 Å². The Morgan fingerprint density at radius 2 is 2.29 bits per heavy atom. The molecule has 6 nitrogen and oxygen atoms in total. The molecule has 0 atom stereocenters. The molecule has 0 radical (unpaired) electrons. The summed E-state index contributed by atoms with van der Waals surface area (Å²) in [7, 11) is 0. The molecule has 0 aliphatic carbocycles. The third-order valence-electron chi connectivity index (χ3n) is 3.11. The van der Waals surface area contributed by atoms with Gasteiger partial charge in [0.2, 0.25) is 0 Å². The molecule has 0 aliphatic heterocycles. The minimum Gasteiger partial charge on any atom is -0.379 e. The van der Waals surface area contributed by atoms with Crippen molar-refractivity contribution in [2.45, 2.75) is 19.8 Å². The lowest BCUT2D eigenvalue weighted by molar-refractivity contribution is -0.384. The number of nitro benzene ring substituents is 1. The van der Waals surface area contributed by atoms with Crippen LogP contribution in [0.2, 0.25) is 5.02 Å². The molecule has 0 fully saturated rings. The van der Waals surface area contributed by atoms with Gasteiger partial charge in [0, 0.05) is 12.2 Å². The van der Waals surface area contributed by atoms with Crippen molar-refractivity contribution in [3.8, 4) is 0 Å². The molecule has 0 saturated heterocycles. The summed E-state index contributed by atoms with van der Waals surface area (Å²) in [6, 6.07) is 2.06. The van der Waals surface area contributed by atoms with Crippen molar-refractivity contribution >= 4 is 23.0 Å². The van der Waals surface area contributed by atoms with Crippen LogP contribution in [0.4, 0.5) is 15.8 Å². The second-order valence-electron chi connectivity index (χ2n) is 4.59. The zero-order valence-electron chi connectivity index (χ0n) is 11.3. The second kappa shape index (κ2) is 6.53. The molecule has 1 heterocycles. The molecular weight excluding hydrogens is 299 g/mol. The number of hydrogen-bond donors (Lipinski definition) is 2. The first kappa shape index (κ1) is 15.2. The fraction of sp³-hybridized carbons (Fsp3) is 0.308. The van der Waals surface area contributed by atoms with Gasteiger partial charge in [-0.1, -0.05) is 11.6 Å². The lowest BCUT2D eigenvalue weighted by atomic mass is 10.1. The van der Waals surface area contributed by atoms with Crippen LogP contribution in [0.15, 0.2) is 18.3 Å². The molecule has 0 aliphatic rings. The van der Waals surface area contributed by atoms with Crippen LogP contribution in [-0.2, 0) is 6.42 Å². The van der Waals surface area contributed by atoms with E-state index in [-0.39, 0.29) is 16.4 Å². The highest BCUT2D eigenvalue weighted by molar-refractivity contribution is 6.31. The highest BCUT2D eigenvalue weighted by Gasteiger charge is 2.17. The summed E-state index contributed by atoms with van der Waals surface area (Å²) in [4.78, 5) is 10.3. The molecule has 0 saturated carbocycles.